The van der Waals surface area contributed by atoms with E-state index in [0.717, 1.165) is 11.2 Å². The van der Waals surface area contributed by atoms with Crippen LogP contribution in [0.3, 0.4) is 0 Å². The zero-order chi connectivity index (χ0) is 13.0. The lowest BCUT2D eigenvalue weighted by Crippen LogP contribution is -2.15. The number of halogens is 1. The first-order valence-electron chi connectivity index (χ1n) is 5.33. The number of aromatic nitrogens is 3. The molecule has 1 atom stereocenters. The number of anilines is 2. The lowest BCUT2D eigenvalue weighted by Gasteiger charge is -2.11. The van der Waals surface area contributed by atoms with Crippen LogP contribution in [0.2, 0.25) is 0 Å². The Morgan fingerprint density at radius 1 is 1.50 bits per heavy atom. The van der Waals surface area contributed by atoms with Gasteiger partial charge in [-0.2, -0.15) is 4.98 Å². The van der Waals surface area contributed by atoms with Crippen molar-refractivity contribution in [3.8, 4) is 0 Å². The van der Waals surface area contributed by atoms with Crippen LogP contribution in [0.5, 0.6) is 0 Å². The quantitative estimate of drug-likeness (QED) is 0.563. The molecule has 1 unspecified atom stereocenters. The highest BCUT2D eigenvalue weighted by Crippen LogP contribution is 2.19. The number of hydrogen-bond donors (Lipinski definition) is 3. The number of hydrogen-bond acceptors (Lipinski definition) is 7. The first-order valence-corrected chi connectivity index (χ1v) is 6.21. The van der Waals surface area contributed by atoms with Gasteiger partial charge in [-0.3, -0.25) is 5.43 Å². The predicted molar refractivity (Wildman–Crippen MR) is 68.8 cm³/mol. The van der Waals surface area contributed by atoms with Gasteiger partial charge in [0.25, 0.3) is 0 Å². The van der Waals surface area contributed by atoms with Gasteiger partial charge in [-0.05, 0) is 0 Å². The molecule has 2 heterocycles. The number of nitrogens with one attached hydrogen (secondary N) is 2. The van der Waals surface area contributed by atoms with Gasteiger partial charge in [0.2, 0.25) is 5.95 Å². The molecule has 2 aromatic heterocycles. The Morgan fingerprint density at radius 3 is 3.00 bits per heavy atom. The molecule has 0 aliphatic heterocycles. The lowest BCUT2D eigenvalue weighted by molar-refractivity contribution is 0.615. The number of rotatable bonds is 5. The molecule has 0 fully saturated rings. The minimum Gasteiger partial charge on any atom is -0.367 e. The van der Waals surface area contributed by atoms with Crippen molar-refractivity contribution < 1.29 is 4.39 Å². The third-order valence-electron chi connectivity index (χ3n) is 2.32. The second kappa shape index (κ2) is 5.69. The largest absolute Gasteiger partial charge is 0.367 e. The van der Waals surface area contributed by atoms with Crippen molar-refractivity contribution in [1.82, 2.24) is 15.0 Å². The molecular weight excluding hydrogens is 255 g/mol. The topological polar surface area (TPSA) is 88.8 Å². The molecule has 0 radical (unpaired) electrons. The predicted octanol–water partition coefficient (Wildman–Crippen LogP) is 1.57. The maximum Gasteiger partial charge on any atom is 0.239 e. The average Bonchev–Trinajstić information content (AvgIpc) is 2.91. The first kappa shape index (κ1) is 12.7. The van der Waals surface area contributed by atoms with Crippen molar-refractivity contribution in [2.75, 3.05) is 17.3 Å². The van der Waals surface area contributed by atoms with Gasteiger partial charge >= 0.3 is 0 Å². The van der Waals surface area contributed by atoms with Gasteiger partial charge in [0.1, 0.15) is 0 Å². The van der Waals surface area contributed by atoms with E-state index in [4.69, 9.17) is 5.84 Å². The van der Waals surface area contributed by atoms with Gasteiger partial charge in [-0.15, -0.1) is 11.3 Å². The minimum absolute atomic E-state index is 0.126. The van der Waals surface area contributed by atoms with Gasteiger partial charge in [0.05, 0.1) is 11.2 Å². The van der Waals surface area contributed by atoms with Gasteiger partial charge in [0.15, 0.2) is 11.6 Å². The summed E-state index contributed by atoms with van der Waals surface area (Å²) in [5, 5.41) is 5.83. The Hall–Kier alpha value is -1.80. The SMILES string of the molecule is CC(CNc1nc(NN)ncc1F)c1nccs1. The molecule has 0 aliphatic carbocycles. The maximum atomic E-state index is 13.4. The van der Waals surface area contributed by atoms with E-state index >= 15 is 0 Å². The molecule has 8 heteroatoms. The number of nitrogen functional groups attached to an aromatic ring is 1. The summed E-state index contributed by atoms with van der Waals surface area (Å²) < 4.78 is 13.4. The van der Waals surface area contributed by atoms with Crippen molar-refractivity contribution in [1.29, 1.82) is 0 Å². The molecule has 0 aromatic carbocycles. The second-order valence-electron chi connectivity index (χ2n) is 3.69. The van der Waals surface area contributed by atoms with Gasteiger partial charge in [-0.1, -0.05) is 6.92 Å². The molecule has 2 aromatic rings. The van der Waals surface area contributed by atoms with E-state index in [-0.39, 0.29) is 17.7 Å². The Kier molecular flexibility index (Phi) is 4.00. The van der Waals surface area contributed by atoms with Gasteiger partial charge in [0, 0.05) is 24.0 Å². The zero-order valence-corrected chi connectivity index (χ0v) is 10.5. The monoisotopic (exact) mass is 268 g/mol. The smallest absolute Gasteiger partial charge is 0.239 e. The van der Waals surface area contributed by atoms with Crippen LogP contribution in [-0.2, 0) is 0 Å². The lowest BCUT2D eigenvalue weighted by atomic mass is 10.2. The minimum atomic E-state index is -0.514. The van der Waals surface area contributed by atoms with E-state index in [1.165, 1.54) is 0 Å². The zero-order valence-electron chi connectivity index (χ0n) is 9.72. The van der Waals surface area contributed by atoms with Crippen LogP contribution in [0.15, 0.2) is 17.8 Å². The Bertz CT molecular complexity index is 503. The van der Waals surface area contributed by atoms with E-state index in [9.17, 15) is 4.39 Å². The van der Waals surface area contributed by atoms with Crippen molar-refractivity contribution in [2.45, 2.75) is 12.8 Å². The van der Waals surface area contributed by atoms with Gasteiger partial charge in [-0.25, -0.2) is 20.2 Å². The fourth-order valence-electron chi connectivity index (χ4n) is 1.38. The maximum absolute atomic E-state index is 13.4. The summed E-state index contributed by atoms with van der Waals surface area (Å²) in [5.74, 6) is 5.12. The van der Waals surface area contributed by atoms with E-state index in [2.05, 4.69) is 25.7 Å². The Labute approximate surface area is 107 Å². The summed E-state index contributed by atoms with van der Waals surface area (Å²) in [6.07, 6.45) is 2.82. The molecule has 0 spiro atoms. The second-order valence-corrected chi connectivity index (χ2v) is 4.61. The van der Waals surface area contributed by atoms with Crippen LogP contribution in [0, 0.1) is 5.82 Å². The van der Waals surface area contributed by atoms with Crippen LogP contribution >= 0.6 is 11.3 Å². The summed E-state index contributed by atoms with van der Waals surface area (Å²) in [4.78, 5) is 11.8. The summed E-state index contributed by atoms with van der Waals surface area (Å²) in [5.41, 5.74) is 2.27. The van der Waals surface area contributed by atoms with Crippen molar-refractivity contribution in [2.24, 2.45) is 5.84 Å². The van der Waals surface area contributed by atoms with E-state index in [1.807, 2.05) is 12.3 Å². The molecule has 0 amide bonds. The van der Waals surface area contributed by atoms with E-state index < -0.39 is 5.82 Å². The molecule has 0 bridgehead atoms. The van der Waals surface area contributed by atoms with Crippen molar-refractivity contribution in [3.05, 3.63) is 28.6 Å². The molecule has 6 nitrogen and oxygen atoms in total. The standard InChI is InChI=1S/C10H13FN6S/c1-6(9-13-2-3-18-9)4-14-8-7(11)5-15-10(16-8)17-12/h2-3,5-6H,4,12H2,1H3,(H2,14,15,16,17). The van der Waals surface area contributed by atoms with E-state index in [1.54, 1.807) is 17.5 Å². The average molecular weight is 268 g/mol. The molecule has 96 valence electrons. The Balaban J connectivity index is 2.01. The molecular formula is C10H13FN6S. The number of hydrazine groups is 1. The molecule has 18 heavy (non-hydrogen) atoms. The van der Waals surface area contributed by atoms with Crippen LogP contribution < -0.4 is 16.6 Å². The van der Waals surface area contributed by atoms with Gasteiger partial charge < -0.3 is 5.32 Å². The highest BCUT2D eigenvalue weighted by atomic mass is 32.1. The van der Waals surface area contributed by atoms with E-state index in [0.29, 0.717) is 6.54 Å². The molecule has 0 saturated heterocycles. The normalized spacial score (nSPS) is 12.2. The highest BCUT2D eigenvalue weighted by Gasteiger charge is 2.11. The fraction of sp³-hybridized carbons (Fsp3) is 0.300. The number of thiazole rings is 1. The number of nitrogens with zero attached hydrogens (tertiary/aromatic N) is 3. The van der Waals surface area contributed by atoms with Crippen LogP contribution in [0.1, 0.15) is 17.8 Å². The molecule has 0 aliphatic rings. The summed E-state index contributed by atoms with van der Waals surface area (Å²) in [6, 6.07) is 0. The summed E-state index contributed by atoms with van der Waals surface area (Å²) >= 11 is 1.57. The highest BCUT2D eigenvalue weighted by molar-refractivity contribution is 7.09. The van der Waals surface area contributed by atoms with Crippen LogP contribution in [0.25, 0.3) is 0 Å². The van der Waals surface area contributed by atoms with Crippen LogP contribution in [0.4, 0.5) is 16.2 Å². The molecule has 0 saturated carbocycles. The summed E-state index contributed by atoms with van der Waals surface area (Å²) in [7, 11) is 0. The third kappa shape index (κ3) is 2.90. The molecule has 2 rings (SSSR count). The molecule has 4 N–H and O–H groups in total. The fourth-order valence-corrected chi connectivity index (χ4v) is 2.07. The summed E-state index contributed by atoms with van der Waals surface area (Å²) in [6.45, 7) is 2.54. The van der Waals surface area contributed by atoms with Crippen LogP contribution in [-0.4, -0.2) is 21.5 Å². The third-order valence-corrected chi connectivity index (χ3v) is 3.33. The van der Waals surface area contributed by atoms with Crippen molar-refractivity contribution >= 4 is 23.1 Å². The Morgan fingerprint density at radius 2 is 2.33 bits per heavy atom. The van der Waals surface area contributed by atoms with Crippen molar-refractivity contribution in [3.63, 3.8) is 0 Å². The number of nitrogens with two attached hydrogens (primary N) is 1. The first-order chi connectivity index (χ1) is 8.70.